The number of nitrogens with zero attached hydrogens (tertiary/aromatic N) is 1. The summed E-state index contributed by atoms with van der Waals surface area (Å²) < 4.78 is 24.0. The first-order valence-electron chi connectivity index (χ1n) is 6.88. The molecule has 0 radical (unpaired) electrons. The van der Waals surface area contributed by atoms with Crippen LogP contribution in [0.5, 0.6) is 5.75 Å². The highest BCUT2D eigenvalue weighted by Crippen LogP contribution is 2.27. The van der Waals surface area contributed by atoms with Crippen LogP contribution in [-0.2, 0) is 9.53 Å². The summed E-state index contributed by atoms with van der Waals surface area (Å²) >= 11 is 0. The number of rotatable bonds is 5. The molecular weight excluding hydrogens is 273 g/mol. The Kier molecular flexibility index (Phi) is 4.96. The third-order valence-electron chi connectivity index (χ3n) is 3.65. The van der Waals surface area contributed by atoms with Crippen molar-refractivity contribution in [1.82, 2.24) is 4.90 Å². The normalized spacial score (nSPS) is 22.6. The summed E-state index contributed by atoms with van der Waals surface area (Å²) in [5.41, 5.74) is -0.897. The number of methoxy groups -OCH3 is 2. The number of likely N-dealkylation sites (tertiary alicyclic amines) is 1. The second-order valence-corrected chi connectivity index (χ2v) is 5.09. The molecule has 1 aromatic carbocycles. The van der Waals surface area contributed by atoms with Crippen LogP contribution in [0.3, 0.4) is 0 Å². The van der Waals surface area contributed by atoms with Crippen molar-refractivity contribution in [3.63, 3.8) is 0 Å². The molecule has 0 aliphatic carbocycles. The molecule has 0 aromatic heterocycles. The Bertz CT molecular complexity index is 532. The zero-order chi connectivity index (χ0) is 15.3. The third-order valence-corrected chi connectivity index (χ3v) is 3.65. The largest absolute Gasteiger partial charge is 0.496 e. The topological polar surface area (TPSA) is 38.8 Å². The van der Waals surface area contributed by atoms with Crippen molar-refractivity contribution in [3.8, 4) is 5.75 Å². The van der Waals surface area contributed by atoms with Crippen molar-refractivity contribution < 1.29 is 18.7 Å². The summed E-state index contributed by atoms with van der Waals surface area (Å²) in [5, 5.41) is 0. The molecule has 1 aromatic rings. The molecule has 2 rings (SSSR count). The maximum atomic E-state index is 14.3. The van der Waals surface area contributed by atoms with Gasteiger partial charge in [-0.3, -0.25) is 4.90 Å². The van der Waals surface area contributed by atoms with E-state index in [4.69, 9.17) is 4.74 Å². The van der Waals surface area contributed by atoms with E-state index in [1.54, 1.807) is 7.11 Å². The van der Waals surface area contributed by atoms with E-state index in [1.807, 2.05) is 41.3 Å². The molecule has 0 bridgehead atoms. The molecule has 5 heteroatoms. The van der Waals surface area contributed by atoms with Gasteiger partial charge in [-0.15, -0.1) is 0 Å². The van der Waals surface area contributed by atoms with Crippen LogP contribution in [0, 0.1) is 0 Å². The molecule has 0 spiro atoms. The molecular formula is C16H20FNO3. The van der Waals surface area contributed by atoms with E-state index >= 15 is 0 Å². The number of carbonyl (C=O) groups is 1. The van der Waals surface area contributed by atoms with Gasteiger partial charge in [0, 0.05) is 31.6 Å². The van der Waals surface area contributed by atoms with E-state index in [9.17, 15) is 9.18 Å². The molecule has 0 N–H and O–H groups in total. The Morgan fingerprint density at radius 1 is 1.43 bits per heavy atom. The second kappa shape index (κ2) is 6.72. The van der Waals surface area contributed by atoms with Crippen molar-refractivity contribution in [2.24, 2.45) is 0 Å². The van der Waals surface area contributed by atoms with Crippen molar-refractivity contribution >= 4 is 12.0 Å². The molecule has 1 heterocycles. The molecule has 1 fully saturated rings. The van der Waals surface area contributed by atoms with Crippen LogP contribution in [0.4, 0.5) is 4.39 Å². The number of halogens is 1. The van der Waals surface area contributed by atoms with Crippen LogP contribution >= 0.6 is 0 Å². The molecule has 0 amide bonds. The Morgan fingerprint density at radius 3 is 2.90 bits per heavy atom. The fraction of sp³-hybridized carbons (Fsp3) is 0.438. The molecule has 1 atom stereocenters. The highest BCUT2D eigenvalue weighted by atomic mass is 19.1. The third kappa shape index (κ3) is 3.61. The van der Waals surface area contributed by atoms with Crippen LogP contribution < -0.4 is 4.74 Å². The number of benzene rings is 1. The van der Waals surface area contributed by atoms with Gasteiger partial charge in [0.15, 0.2) is 0 Å². The fourth-order valence-corrected chi connectivity index (χ4v) is 2.49. The fourth-order valence-electron chi connectivity index (χ4n) is 2.49. The first-order chi connectivity index (χ1) is 10.1. The van der Waals surface area contributed by atoms with Gasteiger partial charge >= 0.3 is 5.97 Å². The zero-order valence-corrected chi connectivity index (χ0v) is 12.3. The maximum Gasteiger partial charge on any atom is 0.345 e. The molecule has 1 aliphatic rings. The molecule has 1 aliphatic heterocycles. The summed E-state index contributed by atoms with van der Waals surface area (Å²) in [4.78, 5) is 13.3. The van der Waals surface area contributed by atoms with Crippen LogP contribution in [0.25, 0.3) is 6.08 Å². The first-order valence-corrected chi connectivity index (χ1v) is 6.88. The van der Waals surface area contributed by atoms with E-state index in [0.29, 0.717) is 13.1 Å². The number of hydrogen-bond donors (Lipinski definition) is 0. The first kappa shape index (κ1) is 15.5. The SMILES string of the molecule is COC(=O)C1(F)CCN(CC=Cc2ccccc2OC)C1. The summed E-state index contributed by atoms with van der Waals surface area (Å²) in [6.07, 6.45) is 4.07. The Labute approximate surface area is 124 Å². The highest BCUT2D eigenvalue weighted by Gasteiger charge is 2.45. The minimum atomic E-state index is -1.87. The van der Waals surface area contributed by atoms with E-state index in [-0.39, 0.29) is 13.0 Å². The number of ether oxygens (including phenoxy) is 2. The number of esters is 1. The van der Waals surface area contributed by atoms with E-state index in [0.717, 1.165) is 11.3 Å². The summed E-state index contributed by atoms with van der Waals surface area (Å²) in [6, 6.07) is 7.68. The van der Waals surface area contributed by atoms with Gasteiger partial charge in [0.2, 0.25) is 5.67 Å². The van der Waals surface area contributed by atoms with Gasteiger partial charge in [-0.1, -0.05) is 30.4 Å². The van der Waals surface area contributed by atoms with Crippen LogP contribution in [0.2, 0.25) is 0 Å². The lowest BCUT2D eigenvalue weighted by Crippen LogP contribution is -2.38. The van der Waals surface area contributed by atoms with E-state index < -0.39 is 11.6 Å². The van der Waals surface area contributed by atoms with Gasteiger partial charge in [0.1, 0.15) is 5.75 Å². The number of carbonyl (C=O) groups excluding carboxylic acids is 1. The minimum absolute atomic E-state index is 0.0793. The van der Waals surface area contributed by atoms with Crippen LogP contribution in [0.15, 0.2) is 30.3 Å². The molecule has 1 saturated heterocycles. The summed E-state index contributed by atoms with van der Waals surface area (Å²) in [5.74, 6) is 0.0169. The van der Waals surface area contributed by atoms with Gasteiger partial charge in [-0.2, -0.15) is 0 Å². The molecule has 1 unspecified atom stereocenters. The summed E-state index contributed by atoms with van der Waals surface area (Å²) in [6.45, 7) is 1.21. The molecule has 21 heavy (non-hydrogen) atoms. The highest BCUT2D eigenvalue weighted by molar-refractivity contribution is 5.80. The standard InChI is InChI=1S/C16H20FNO3/c1-20-14-8-4-3-6-13(14)7-5-10-18-11-9-16(17,12-18)15(19)21-2/h3-8H,9-12H2,1-2H3. The Balaban J connectivity index is 1.92. The lowest BCUT2D eigenvalue weighted by Gasteiger charge is -2.17. The van der Waals surface area contributed by atoms with Gasteiger partial charge < -0.3 is 9.47 Å². The van der Waals surface area contributed by atoms with Crippen molar-refractivity contribution in [3.05, 3.63) is 35.9 Å². The number of para-hydroxylation sites is 1. The Morgan fingerprint density at radius 2 is 2.19 bits per heavy atom. The lowest BCUT2D eigenvalue weighted by atomic mass is 10.1. The van der Waals surface area contributed by atoms with Crippen LogP contribution in [0.1, 0.15) is 12.0 Å². The van der Waals surface area contributed by atoms with Gasteiger partial charge in [-0.05, 0) is 6.07 Å². The molecule has 0 saturated carbocycles. The van der Waals surface area contributed by atoms with Crippen LogP contribution in [-0.4, -0.2) is 50.4 Å². The number of alkyl halides is 1. The average Bonchev–Trinajstić information content (AvgIpc) is 2.89. The van der Waals surface area contributed by atoms with E-state index in [2.05, 4.69) is 4.74 Å². The lowest BCUT2D eigenvalue weighted by molar-refractivity contribution is -0.153. The smallest absolute Gasteiger partial charge is 0.345 e. The number of hydrogen-bond acceptors (Lipinski definition) is 4. The van der Waals surface area contributed by atoms with Crippen molar-refractivity contribution in [2.45, 2.75) is 12.1 Å². The van der Waals surface area contributed by atoms with Gasteiger partial charge in [-0.25, -0.2) is 9.18 Å². The van der Waals surface area contributed by atoms with Gasteiger partial charge in [0.25, 0.3) is 0 Å². The second-order valence-electron chi connectivity index (χ2n) is 5.09. The van der Waals surface area contributed by atoms with Gasteiger partial charge in [0.05, 0.1) is 14.2 Å². The summed E-state index contributed by atoms with van der Waals surface area (Å²) in [7, 11) is 2.84. The monoisotopic (exact) mass is 293 g/mol. The maximum absolute atomic E-state index is 14.3. The molecule has 4 nitrogen and oxygen atoms in total. The van der Waals surface area contributed by atoms with E-state index in [1.165, 1.54) is 7.11 Å². The predicted octanol–water partition coefficient (Wildman–Crippen LogP) is 2.30. The zero-order valence-electron chi connectivity index (χ0n) is 12.3. The average molecular weight is 293 g/mol. The van der Waals surface area contributed by atoms with Crippen molar-refractivity contribution in [1.29, 1.82) is 0 Å². The predicted molar refractivity (Wildman–Crippen MR) is 78.9 cm³/mol. The van der Waals surface area contributed by atoms with Crippen molar-refractivity contribution in [2.75, 3.05) is 33.9 Å². The Hall–Kier alpha value is -1.88. The minimum Gasteiger partial charge on any atom is -0.496 e. The quantitative estimate of drug-likeness (QED) is 0.781. The molecule has 114 valence electrons.